The zero-order valence-corrected chi connectivity index (χ0v) is 20.1. The number of hydrogen-bond donors (Lipinski definition) is 2. The van der Waals surface area contributed by atoms with Crippen molar-refractivity contribution in [2.45, 2.75) is 64.0 Å². The molecule has 2 atom stereocenters. The van der Waals surface area contributed by atoms with Crippen LogP contribution in [0.15, 0.2) is 29.5 Å². The van der Waals surface area contributed by atoms with Crippen molar-refractivity contribution >= 4 is 18.1 Å². The van der Waals surface area contributed by atoms with Gasteiger partial charge in [-0.25, -0.2) is 9.79 Å². The first kappa shape index (κ1) is 21.2. The third kappa shape index (κ3) is 3.05. The Morgan fingerprint density at radius 2 is 2.12 bits per heavy atom. The molecule has 0 bridgehead atoms. The minimum absolute atomic E-state index is 0.0104. The molecule has 3 aliphatic heterocycles. The van der Waals surface area contributed by atoms with E-state index in [9.17, 15) is 4.79 Å². The average Bonchev–Trinajstić information content (AvgIpc) is 3.64. The molecule has 9 heteroatoms. The first-order valence-electron chi connectivity index (χ1n) is 12.4. The Morgan fingerprint density at radius 1 is 1.26 bits per heavy atom. The summed E-state index contributed by atoms with van der Waals surface area (Å²) in [5, 5.41) is 12.5. The van der Waals surface area contributed by atoms with Crippen molar-refractivity contribution in [3.8, 4) is 11.3 Å². The average molecular weight is 461 g/mol. The van der Waals surface area contributed by atoms with Crippen molar-refractivity contribution in [3.05, 3.63) is 41.5 Å². The van der Waals surface area contributed by atoms with Crippen LogP contribution in [-0.4, -0.2) is 61.3 Å². The van der Waals surface area contributed by atoms with E-state index >= 15 is 0 Å². The highest BCUT2D eigenvalue weighted by Gasteiger charge is 2.48. The van der Waals surface area contributed by atoms with Crippen LogP contribution in [-0.2, 0) is 30.3 Å². The lowest BCUT2D eigenvalue weighted by molar-refractivity contribution is 0.206. The zero-order valence-electron chi connectivity index (χ0n) is 20.1. The van der Waals surface area contributed by atoms with Crippen molar-refractivity contribution in [2.75, 3.05) is 19.6 Å². The molecule has 0 saturated carbocycles. The molecule has 3 aromatic heterocycles. The number of nitrogens with zero attached hydrogens (tertiary/aromatic N) is 6. The van der Waals surface area contributed by atoms with Gasteiger partial charge in [-0.05, 0) is 52.2 Å². The summed E-state index contributed by atoms with van der Waals surface area (Å²) < 4.78 is 4.20. The van der Waals surface area contributed by atoms with Gasteiger partial charge in [0, 0.05) is 73.6 Å². The van der Waals surface area contributed by atoms with E-state index in [1.165, 1.54) is 11.3 Å². The number of amides is 2. The summed E-state index contributed by atoms with van der Waals surface area (Å²) in [6, 6.07) is 4.40. The van der Waals surface area contributed by atoms with E-state index in [0.717, 1.165) is 68.2 Å². The van der Waals surface area contributed by atoms with Crippen molar-refractivity contribution in [2.24, 2.45) is 4.99 Å². The van der Waals surface area contributed by atoms with Crippen LogP contribution in [0.4, 0.5) is 10.6 Å². The predicted octanol–water partition coefficient (Wildman–Crippen LogP) is 3.39. The van der Waals surface area contributed by atoms with Crippen LogP contribution in [0.5, 0.6) is 0 Å². The molecule has 1 saturated heterocycles. The Morgan fingerprint density at radius 3 is 2.94 bits per heavy atom. The van der Waals surface area contributed by atoms with Crippen LogP contribution in [0.2, 0.25) is 0 Å². The number of fused-ring (bicyclic) bond motifs is 3. The lowest BCUT2D eigenvalue weighted by Gasteiger charge is -2.27. The molecular weight excluding hydrogens is 428 g/mol. The third-order valence-corrected chi connectivity index (χ3v) is 7.96. The molecule has 3 aromatic rings. The Kier molecular flexibility index (Phi) is 4.72. The lowest BCUT2D eigenvalue weighted by Crippen LogP contribution is -2.40. The van der Waals surface area contributed by atoms with Gasteiger partial charge in [0.1, 0.15) is 5.82 Å². The quantitative estimate of drug-likeness (QED) is 0.625. The molecule has 0 aromatic carbocycles. The van der Waals surface area contributed by atoms with Gasteiger partial charge in [0.2, 0.25) is 0 Å². The predicted molar refractivity (Wildman–Crippen MR) is 131 cm³/mol. The van der Waals surface area contributed by atoms with Gasteiger partial charge < -0.3 is 15.2 Å². The fourth-order valence-electron chi connectivity index (χ4n) is 6.02. The van der Waals surface area contributed by atoms with E-state index in [1.54, 1.807) is 0 Å². The van der Waals surface area contributed by atoms with Crippen LogP contribution < -0.4 is 5.32 Å². The number of H-pyrrole nitrogens is 1. The number of aliphatic imine (C=N–C) groups is 1. The second-order valence-electron chi connectivity index (χ2n) is 10.1. The summed E-state index contributed by atoms with van der Waals surface area (Å²) in [7, 11) is 0. The second-order valence-corrected chi connectivity index (χ2v) is 10.1. The van der Waals surface area contributed by atoms with Crippen LogP contribution >= 0.6 is 0 Å². The molecule has 2 N–H and O–H groups in total. The molecule has 0 radical (unpaired) electrons. The van der Waals surface area contributed by atoms with Crippen LogP contribution in [0.25, 0.3) is 11.3 Å². The zero-order chi connectivity index (χ0) is 23.5. The Bertz CT molecular complexity index is 1280. The van der Waals surface area contributed by atoms with Gasteiger partial charge in [0.05, 0.1) is 16.8 Å². The number of urea groups is 1. The Balaban J connectivity index is 1.30. The van der Waals surface area contributed by atoms with Gasteiger partial charge in [-0.15, -0.1) is 0 Å². The SMILES string of the molecule is CCNC(=O)N1CCC2(CCn3nc(C4(C)C=Nc5[nH]cc(-c6ccnn6CC)c5C4)cc32)C1. The highest BCUT2D eigenvalue weighted by molar-refractivity contribution is 5.83. The van der Waals surface area contributed by atoms with E-state index in [4.69, 9.17) is 10.1 Å². The summed E-state index contributed by atoms with van der Waals surface area (Å²) in [4.78, 5) is 22.6. The molecule has 178 valence electrons. The molecule has 6 rings (SSSR count). The summed E-state index contributed by atoms with van der Waals surface area (Å²) >= 11 is 0. The molecule has 0 aliphatic carbocycles. The van der Waals surface area contributed by atoms with Crippen molar-refractivity contribution in [1.82, 2.24) is 34.8 Å². The number of carbonyl (C=O) groups is 1. The maximum atomic E-state index is 12.4. The van der Waals surface area contributed by atoms with E-state index in [1.807, 2.05) is 35.1 Å². The van der Waals surface area contributed by atoms with Crippen LogP contribution in [0.1, 0.15) is 50.6 Å². The fourth-order valence-corrected chi connectivity index (χ4v) is 6.02. The molecular formula is C25H32N8O. The first-order chi connectivity index (χ1) is 16.5. The maximum absolute atomic E-state index is 12.4. The molecule has 1 fully saturated rings. The van der Waals surface area contributed by atoms with Gasteiger partial charge in [0.25, 0.3) is 0 Å². The topological polar surface area (TPSA) is 96.1 Å². The highest BCUT2D eigenvalue weighted by atomic mass is 16.2. The maximum Gasteiger partial charge on any atom is 0.317 e. The number of aryl methyl sites for hydroxylation is 2. The van der Waals surface area contributed by atoms with Gasteiger partial charge in [0.15, 0.2) is 0 Å². The molecule has 2 unspecified atom stereocenters. The normalized spacial score (nSPS) is 25.2. The van der Waals surface area contributed by atoms with Gasteiger partial charge in [-0.3, -0.25) is 9.36 Å². The third-order valence-electron chi connectivity index (χ3n) is 7.96. The lowest BCUT2D eigenvalue weighted by atomic mass is 9.77. The highest BCUT2D eigenvalue weighted by Crippen LogP contribution is 2.45. The standard InChI is InChI=1S/C25H32N8O/c1-4-26-23(34)31-10-7-25(16-31)8-11-33-21(25)12-20(30-33)24(3)13-17-18(14-27-22(17)28-15-24)19-6-9-29-32(19)5-2/h6,9,12,14-15,27H,4-5,7-8,10-11,13,16H2,1-3H3,(H,26,34). The van der Waals surface area contributed by atoms with E-state index in [0.29, 0.717) is 6.54 Å². The molecule has 1 spiro atoms. The monoisotopic (exact) mass is 460 g/mol. The van der Waals surface area contributed by atoms with Crippen LogP contribution in [0.3, 0.4) is 0 Å². The Hall–Kier alpha value is -3.36. The minimum Gasteiger partial charge on any atom is -0.346 e. The number of aromatic amines is 1. The van der Waals surface area contributed by atoms with Gasteiger partial charge >= 0.3 is 6.03 Å². The number of carbonyl (C=O) groups excluding carboxylic acids is 1. The minimum atomic E-state index is -0.294. The summed E-state index contributed by atoms with van der Waals surface area (Å²) in [5.74, 6) is 0.924. The number of likely N-dealkylation sites (tertiary alicyclic amines) is 1. The number of hydrogen-bond acceptors (Lipinski definition) is 4. The smallest absolute Gasteiger partial charge is 0.317 e. The number of aromatic nitrogens is 5. The Labute approximate surface area is 199 Å². The molecule has 34 heavy (non-hydrogen) atoms. The van der Waals surface area contributed by atoms with Gasteiger partial charge in [-0.2, -0.15) is 10.2 Å². The summed E-state index contributed by atoms with van der Waals surface area (Å²) in [6.07, 6.45) is 8.82. The van der Waals surface area contributed by atoms with E-state index in [2.05, 4.69) is 46.1 Å². The van der Waals surface area contributed by atoms with Crippen molar-refractivity contribution in [3.63, 3.8) is 0 Å². The summed E-state index contributed by atoms with van der Waals surface area (Å²) in [5.41, 5.74) is 5.53. The molecule has 6 heterocycles. The van der Waals surface area contributed by atoms with Crippen LogP contribution in [0, 0.1) is 0 Å². The van der Waals surface area contributed by atoms with E-state index in [-0.39, 0.29) is 16.9 Å². The largest absolute Gasteiger partial charge is 0.346 e. The van der Waals surface area contributed by atoms with Crippen molar-refractivity contribution in [1.29, 1.82) is 0 Å². The van der Waals surface area contributed by atoms with E-state index < -0.39 is 0 Å². The van der Waals surface area contributed by atoms with Crippen molar-refractivity contribution < 1.29 is 4.79 Å². The van der Waals surface area contributed by atoms with Gasteiger partial charge in [-0.1, -0.05) is 0 Å². The fraction of sp³-hybridized carbons (Fsp3) is 0.520. The molecule has 9 nitrogen and oxygen atoms in total. The number of nitrogens with one attached hydrogen (secondary N) is 2. The first-order valence-corrected chi connectivity index (χ1v) is 12.4. The number of rotatable bonds is 4. The second kappa shape index (κ2) is 7.58. The summed E-state index contributed by atoms with van der Waals surface area (Å²) in [6.45, 7) is 10.3. The molecule has 3 aliphatic rings. The molecule has 2 amide bonds.